The minimum atomic E-state index is 0.341. The van der Waals surface area contributed by atoms with E-state index in [0.717, 1.165) is 48.8 Å². The number of rotatable bonds is 4. The first-order valence-corrected chi connectivity index (χ1v) is 7.59. The van der Waals surface area contributed by atoms with E-state index in [9.17, 15) is 0 Å². The van der Waals surface area contributed by atoms with Crippen molar-refractivity contribution in [1.82, 2.24) is 24.7 Å². The second kappa shape index (κ2) is 6.35. The van der Waals surface area contributed by atoms with Gasteiger partial charge in [-0.25, -0.2) is 4.98 Å². The van der Waals surface area contributed by atoms with Crippen molar-refractivity contribution < 1.29 is 0 Å². The standard InChI is InChI=1S/C13H24BrN5/c1-10-16-12(13(14)18(10)4)11(9-15-2)19-7-5-17(3)6-8-19/h11,15H,5-9H2,1-4H3. The zero-order valence-electron chi connectivity index (χ0n) is 12.3. The van der Waals surface area contributed by atoms with Crippen molar-refractivity contribution in [3.63, 3.8) is 0 Å². The molecule has 1 aliphatic heterocycles. The topological polar surface area (TPSA) is 36.3 Å². The SMILES string of the molecule is CNCC(c1nc(C)n(C)c1Br)N1CCN(C)CC1. The van der Waals surface area contributed by atoms with Crippen molar-refractivity contribution in [3.8, 4) is 0 Å². The van der Waals surface area contributed by atoms with Crippen molar-refractivity contribution in [1.29, 1.82) is 0 Å². The van der Waals surface area contributed by atoms with Crippen LogP contribution in [-0.4, -0.2) is 66.2 Å². The van der Waals surface area contributed by atoms with Crippen molar-refractivity contribution in [2.45, 2.75) is 13.0 Å². The van der Waals surface area contributed by atoms with E-state index in [1.165, 1.54) is 0 Å². The molecular formula is C13H24BrN5. The first kappa shape index (κ1) is 15.0. The fraction of sp³-hybridized carbons (Fsp3) is 0.769. The van der Waals surface area contributed by atoms with E-state index < -0.39 is 0 Å². The van der Waals surface area contributed by atoms with Gasteiger partial charge in [0, 0.05) is 39.8 Å². The Kier molecular flexibility index (Phi) is 5.00. The molecule has 6 heteroatoms. The Morgan fingerprint density at radius 1 is 1.26 bits per heavy atom. The van der Waals surface area contributed by atoms with Crippen LogP contribution in [0.3, 0.4) is 0 Å². The van der Waals surface area contributed by atoms with Crippen LogP contribution >= 0.6 is 15.9 Å². The second-order valence-electron chi connectivity index (χ2n) is 5.31. The summed E-state index contributed by atoms with van der Waals surface area (Å²) in [6, 6.07) is 0.341. The molecule has 0 bridgehead atoms. The van der Waals surface area contributed by atoms with Crippen molar-refractivity contribution in [2.75, 3.05) is 46.8 Å². The normalized spacial score (nSPS) is 19.8. The minimum Gasteiger partial charge on any atom is -0.326 e. The lowest BCUT2D eigenvalue weighted by molar-refractivity contribution is 0.109. The van der Waals surface area contributed by atoms with Gasteiger partial charge in [0.25, 0.3) is 0 Å². The fourth-order valence-electron chi connectivity index (χ4n) is 2.55. The molecule has 1 unspecified atom stereocenters. The van der Waals surface area contributed by atoms with Gasteiger partial charge in [0.2, 0.25) is 0 Å². The van der Waals surface area contributed by atoms with Crippen molar-refractivity contribution in [3.05, 3.63) is 16.1 Å². The van der Waals surface area contributed by atoms with E-state index in [2.05, 4.69) is 56.6 Å². The summed E-state index contributed by atoms with van der Waals surface area (Å²) in [4.78, 5) is 9.66. The van der Waals surface area contributed by atoms with E-state index in [-0.39, 0.29) is 0 Å². The van der Waals surface area contributed by atoms with Crippen LogP contribution in [0.15, 0.2) is 4.60 Å². The van der Waals surface area contributed by atoms with Crippen LogP contribution in [0, 0.1) is 6.92 Å². The number of aryl methyl sites for hydroxylation is 1. The van der Waals surface area contributed by atoms with Crippen LogP contribution in [0.2, 0.25) is 0 Å². The van der Waals surface area contributed by atoms with Crippen LogP contribution < -0.4 is 5.32 Å². The number of nitrogens with zero attached hydrogens (tertiary/aromatic N) is 4. The number of likely N-dealkylation sites (N-methyl/N-ethyl adjacent to an activating group) is 2. The van der Waals surface area contributed by atoms with Gasteiger partial charge in [-0.05, 0) is 36.9 Å². The molecule has 0 aromatic carbocycles. The third-order valence-corrected chi connectivity index (χ3v) is 4.90. The summed E-state index contributed by atoms with van der Waals surface area (Å²) in [7, 11) is 6.24. The third-order valence-electron chi connectivity index (χ3n) is 3.97. The molecule has 19 heavy (non-hydrogen) atoms. The molecule has 0 amide bonds. The molecule has 0 spiro atoms. The van der Waals surface area contributed by atoms with Gasteiger partial charge in [-0.3, -0.25) is 4.90 Å². The molecule has 108 valence electrons. The highest BCUT2D eigenvalue weighted by Crippen LogP contribution is 2.28. The maximum Gasteiger partial charge on any atom is 0.109 e. The molecule has 2 rings (SSSR count). The zero-order valence-corrected chi connectivity index (χ0v) is 13.9. The maximum absolute atomic E-state index is 4.74. The first-order valence-electron chi connectivity index (χ1n) is 6.80. The molecule has 1 atom stereocenters. The predicted octanol–water partition coefficient (Wildman–Crippen LogP) is 0.999. The molecule has 2 heterocycles. The Morgan fingerprint density at radius 2 is 1.89 bits per heavy atom. The van der Waals surface area contributed by atoms with E-state index in [0.29, 0.717) is 6.04 Å². The molecule has 1 aliphatic rings. The highest BCUT2D eigenvalue weighted by atomic mass is 79.9. The highest BCUT2D eigenvalue weighted by molar-refractivity contribution is 9.10. The van der Waals surface area contributed by atoms with E-state index >= 15 is 0 Å². The van der Waals surface area contributed by atoms with Crippen LogP contribution in [0.4, 0.5) is 0 Å². The number of nitrogens with one attached hydrogen (secondary N) is 1. The van der Waals surface area contributed by atoms with E-state index in [1.807, 2.05) is 7.05 Å². The first-order chi connectivity index (χ1) is 9.04. The maximum atomic E-state index is 4.74. The van der Waals surface area contributed by atoms with Crippen LogP contribution in [-0.2, 0) is 7.05 Å². The quantitative estimate of drug-likeness (QED) is 0.894. The molecule has 0 aliphatic carbocycles. The minimum absolute atomic E-state index is 0.341. The van der Waals surface area contributed by atoms with Gasteiger partial charge in [-0.15, -0.1) is 0 Å². The number of hydrogen-bond acceptors (Lipinski definition) is 4. The van der Waals surface area contributed by atoms with Gasteiger partial charge in [0.05, 0.1) is 11.7 Å². The lowest BCUT2D eigenvalue weighted by atomic mass is 10.1. The summed E-state index contributed by atoms with van der Waals surface area (Å²) < 4.78 is 3.21. The van der Waals surface area contributed by atoms with Crippen LogP contribution in [0.25, 0.3) is 0 Å². The van der Waals surface area contributed by atoms with Gasteiger partial charge in [0.15, 0.2) is 0 Å². The molecule has 5 nitrogen and oxygen atoms in total. The van der Waals surface area contributed by atoms with Crippen molar-refractivity contribution >= 4 is 15.9 Å². The Balaban J connectivity index is 2.21. The Hall–Kier alpha value is -0.430. The van der Waals surface area contributed by atoms with E-state index in [1.54, 1.807) is 0 Å². The van der Waals surface area contributed by atoms with Gasteiger partial charge < -0.3 is 14.8 Å². The molecule has 0 radical (unpaired) electrons. The number of halogens is 1. The van der Waals surface area contributed by atoms with E-state index in [4.69, 9.17) is 4.98 Å². The summed E-state index contributed by atoms with van der Waals surface area (Å²) in [6.45, 7) is 7.44. The van der Waals surface area contributed by atoms with Gasteiger partial charge in [-0.1, -0.05) is 0 Å². The average molecular weight is 330 g/mol. The fourth-order valence-corrected chi connectivity index (χ4v) is 3.16. The van der Waals surface area contributed by atoms with Crippen LogP contribution in [0.1, 0.15) is 17.6 Å². The molecule has 1 aromatic heterocycles. The van der Waals surface area contributed by atoms with Crippen molar-refractivity contribution in [2.24, 2.45) is 7.05 Å². The third kappa shape index (κ3) is 3.18. The number of hydrogen-bond donors (Lipinski definition) is 1. The van der Waals surface area contributed by atoms with Gasteiger partial charge in [-0.2, -0.15) is 0 Å². The molecular weight excluding hydrogens is 306 g/mol. The summed E-state index contributed by atoms with van der Waals surface area (Å²) in [5, 5.41) is 3.31. The van der Waals surface area contributed by atoms with Gasteiger partial charge in [0.1, 0.15) is 10.4 Å². The zero-order chi connectivity index (χ0) is 14.0. The summed E-state index contributed by atoms with van der Waals surface area (Å²) in [6.07, 6.45) is 0. The summed E-state index contributed by atoms with van der Waals surface area (Å²) in [5.74, 6) is 1.05. The number of piperazine rings is 1. The Morgan fingerprint density at radius 3 is 2.37 bits per heavy atom. The average Bonchev–Trinajstić information content (AvgIpc) is 2.65. The lowest BCUT2D eigenvalue weighted by Gasteiger charge is -2.37. The molecule has 1 N–H and O–H groups in total. The smallest absolute Gasteiger partial charge is 0.109 e. The second-order valence-corrected chi connectivity index (χ2v) is 6.06. The summed E-state index contributed by atoms with van der Waals surface area (Å²) in [5.41, 5.74) is 1.15. The number of aromatic nitrogens is 2. The summed E-state index contributed by atoms with van der Waals surface area (Å²) >= 11 is 3.69. The lowest BCUT2D eigenvalue weighted by Crippen LogP contribution is -2.48. The molecule has 1 fully saturated rings. The Labute approximate surface area is 124 Å². The Bertz CT molecular complexity index is 423. The van der Waals surface area contributed by atoms with Gasteiger partial charge >= 0.3 is 0 Å². The number of imidazole rings is 1. The monoisotopic (exact) mass is 329 g/mol. The largest absolute Gasteiger partial charge is 0.326 e. The highest BCUT2D eigenvalue weighted by Gasteiger charge is 2.27. The van der Waals surface area contributed by atoms with Crippen LogP contribution in [0.5, 0.6) is 0 Å². The molecule has 1 aromatic rings. The molecule has 0 saturated carbocycles. The predicted molar refractivity (Wildman–Crippen MR) is 81.4 cm³/mol. The molecule has 1 saturated heterocycles.